The number of aromatic hydroxyl groups is 3. The Morgan fingerprint density at radius 2 is 0.523 bits per heavy atom. The van der Waals surface area contributed by atoms with Crippen molar-refractivity contribution in [1.29, 1.82) is 0 Å². The summed E-state index contributed by atoms with van der Waals surface area (Å²) in [5.74, 6) is -1.38. The molecule has 3 aromatic rings. The molecular weight excluding hydrogens is 1110 g/mol. The predicted molar refractivity (Wildman–Crippen MR) is 356 cm³/mol. The third-order valence-corrected chi connectivity index (χ3v) is 15.0. The molecule has 0 bridgehead atoms. The largest absolute Gasteiger partial charge is 0.507 e. The number of rotatable bonds is 26. The first-order valence-electron chi connectivity index (χ1n) is 31.2. The van der Waals surface area contributed by atoms with Crippen LogP contribution in [0.2, 0.25) is 0 Å². The summed E-state index contributed by atoms with van der Waals surface area (Å²) in [4.78, 5) is 32.3. The fourth-order valence-electron chi connectivity index (χ4n) is 9.12. The van der Waals surface area contributed by atoms with Crippen LogP contribution in [0.5, 0.6) is 17.2 Å². The molecule has 0 radical (unpaired) electrons. The van der Waals surface area contributed by atoms with Gasteiger partial charge in [0.05, 0.1) is 31.8 Å². The molecule has 86 heavy (non-hydrogen) atoms. The molecule has 0 aliphatic rings. The quantitative estimate of drug-likeness (QED) is 0.0263. The van der Waals surface area contributed by atoms with Crippen LogP contribution in [-0.2, 0) is 66.1 Å². The summed E-state index contributed by atoms with van der Waals surface area (Å²) < 4.78 is 0. The van der Waals surface area contributed by atoms with Gasteiger partial charge < -0.3 is 56.2 Å². The van der Waals surface area contributed by atoms with E-state index >= 15 is 0 Å². The number of hydrogen-bond donors (Lipinski definition) is 11. The second kappa shape index (κ2) is 38.6. The van der Waals surface area contributed by atoms with Gasteiger partial charge >= 0.3 is 17.9 Å². The minimum atomic E-state index is -1.11. The summed E-state index contributed by atoms with van der Waals surface area (Å²) in [6, 6.07) is 11.6. The van der Waals surface area contributed by atoms with Crippen molar-refractivity contribution in [3.63, 3.8) is 0 Å². The Morgan fingerprint density at radius 3 is 0.663 bits per heavy atom. The lowest BCUT2D eigenvalue weighted by molar-refractivity contribution is -0.138. The van der Waals surface area contributed by atoms with E-state index in [2.05, 4.69) is 144 Å². The fourth-order valence-corrected chi connectivity index (χ4v) is 9.26. The monoisotopic (exact) mass is 1230 g/mol. The summed E-state index contributed by atoms with van der Waals surface area (Å²) >= 11 is 4.63. The van der Waals surface area contributed by atoms with Crippen LogP contribution < -0.4 is 0 Å². The number of aliphatic carboxylic acids is 3. The zero-order valence-corrected chi connectivity index (χ0v) is 57.6. The van der Waals surface area contributed by atoms with Gasteiger partial charge in [-0.1, -0.05) is 239 Å². The van der Waals surface area contributed by atoms with E-state index < -0.39 is 49.8 Å². The standard InChI is InChI=1S/3C17H26O3.C15H30OS.C5H12O4/c3*1-16(2,3)12-9-11(7-8-14(18)19)10-13(15(12)20)17(4,5)6;1-2-3-4-5-6-7-8-9-10-11-12-13-14-15(16)17;6-1-5(2-7,3-8)4-9/h3*9-10,20H,7-8H2,1-6H3,(H,18,19);2-14H2,1H3,(H,16,17);6-9H,1-4H2. The highest BCUT2D eigenvalue weighted by atomic mass is 32.1. The van der Waals surface area contributed by atoms with Crippen LogP contribution in [0.4, 0.5) is 0 Å². The number of hydrogen-bond acceptors (Lipinski definition) is 11. The number of aliphatic hydroxyl groups is 5. The summed E-state index contributed by atoms with van der Waals surface area (Å²) in [5, 5.41) is 101. The second-order valence-electron chi connectivity index (χ2n) is 29.5. The van der Waals surface area contributed by atoms with Crippen molar-refractivity contribution in [2.75, 3.05) is 26.4 Å². The Labute approximate surface area is 524 Å². The van der Waals surface area contributed by atoms with E-state index in [4.69, 9.17) is 40.9 Å². The lowest BCUT2D eigenvalue weighted by atomic mass is 9.78. The molecule has 0 unspecified atom stereocenters. The smallest absolute Gasteiger partial charge is 0.303 e. The summed E-state index contributed by atoms with van der Waals surface area (Å²) in [6.07, 6.45) is 18.7. The van der Waals surface area contributed by atoms with Gasteiger partial charge in [-0.2, -0.15) is 0 Å². The number of aryl methyl sites for hydroxylation is 3. The van der Waals surface area contributed by atoms with Crippen LogP contribution >= 0.6 is 12.2 Å². The Morgan fingerprint density at radius 1 is 0.337 bits per heavy atom. The van der Waals surface area contributed by atoms with E-state index in [-0.39, 0.29) is 56.8 Å². The van der Waals surface area contributed by atoms with Crippen molar-refractivity contribution in [2.45, 2.75) is 286 Å². The van der Waals surface area contributed by atoms with E-state index in [1.165, 1.54) is 70.6 Å². The van der Waals surface area contributed by atoms with Crippen LogP contribution in [0.15, 0.2) is 36.4 Å². The molecule has 0 fully saturated rings. The second-order valence-corrected chi connectivity index (χ2v) is 29.9. The normalized spacial score (nSPS) is 12.1. The maximum atomic E-state index is 10.8. The van der Waals surface area contributed by atoms with Crippen molar-refractivity contribution in [1.82, 2.24) is 0 Å². The number of phenolic OH excluding ortho intramolecular Hbond substituents is 3. The molecule has 0 amide bonds. The Balaban J connectivity index is 0. The topological polar surface area (TPSA) is 274 Å². The van der Waals surface area contributed by atoms with Gasteiger partial charge in [0.2, 0.25) is 0 Å². The molecule has 11 N–H and O–H groups in total. The molecular formula is C71H120O14S. The zero-order valence-electron chi connectivity index (χ0n) is 56.8. The van der Waals surface area contributed by atoms with Crippen LogP contribution in [0.3, 0.4) is 0 Å². The van der Waals surface area contributed by atoms with Crippen molar-refractivity contribution in [3.05, 3.63) is 86.5 Å². The van der Waals surface area contributed by atoms with Gasteiger partial charge in [-0.3, -0.25) is 14.4 Å². The van der Waals surface area contributed by atoms with Crippen LogP contribution in [0, 0.1) is 5.41 Å². The number of carboxylic acids is 3. The summed E-state index contributed by atoms with van der Waals surface area (Å²) in [7, 11) is 0. The Kier molecular flexibility index (Phi) is 37.3. The number of aliphatic hydroxyl groups excluding tert-OH is 5. The number of carboxylic acid groups (broad SMARTS) is 3. The zero-order chi connectivity index (χ0) is 67.2. The molecule has 0 aromatic heterocycles. The van der Waals surface area contributed by atoms with E-state index in [9.17, 15) is 29.7 Å². The number of phenols is 3. The van der Waals surface area contributed by atoms with Gasteiger partial charge in [-0.05, 0) is 120 Å². The Hall–Kier alpha value is -4.80. The highest BCUT2D eigenvalue weighted by Crippen LogP contribution is 2.43. The van der Waals surface area contributed by atoms with E-state index in [0.717, 1.165) is 56.5 Å². The third kappa shape index (κ3) is 33.5. The van der Waals surface area contributed by atoms with Crippen molar-refractivity contribution in [2.24, 2.45) is 5.41 Å². The third-order valence-electron chi connectivity index (χ3n) is 14.8. The molecule has 0 saturated heterocycles. The predicted octanol–water partition coefficient (Wildman–Crippen LogP) is 15.9. The molecule has 0 atom stereocenters. The molecule has 0 aliphatic heterocycles. The van der Waals surface area contributed by atoms with Gasteiger partial charge in [0.15, 0.2) is 5.05 Å². The van der Waals surface area contributed by atoms with Crippen molar-refractivity contribution >= 4 is 35.2 Å². The molecule has 3 rings (SSSR count). The van der Waals surface area contributed by atoms with Crippen LogP contribution in [0.1, 0.15) is 284 Å². The summed E-state index contributed by atoms with van der Waals surface area (Å²) in [6.45, 7) is 37.6. The minimum absolute atomic E-state index is 0.109. The van der Waals surface area contributed by atoms with Crippen LogP contribution in [0.25, 0.3) is 0 Å². The maximum Gasteiger partial charge on any atom is 0.303 e. The first-order chi connectivity index (χ1) is 39.3. The maximum absolute atomic E-state index is 10.8. The Bertz CT molecular complexity index is 2130. The van der Waals surface area contributed by atoms with Gasteiger partial charge in [-0.15, -0.1) is 0 Å². The molecule has 0 saturated carbocycles. The van der Waals surface area contributed by atoms with E-state index in [1.54, 1.807) is 0 Å². The first-order valence-corrected chi connectivity index (χ1v) is 31.6. The van der Waals surface area contributed by atoms with Gasteiger partial charge in [0, 0.05) is 25.7 Å². The lowest BCUT2D eigenvalue weighted by Gasteiger charge is -2.28. The molecule has 494 valence electrons. The number of benzene rings is 3. The minimum Gasteiger partial charge on any atom is -0.507 e. The van der Waals surface area contributed by atoms with Crippen LogP contribution in [-0.4, -0.2) is 106 Å². The molecule has 15 heteroatoms. The first kappa shape index (κ1) is 83.3. The molecule has 0 aliphatic carbocycles. The average Bonchev–Trinajstić information content (AvgIpc) is 1.04. The number of unbranched alkanes of at least 4 members (excludes halogenated alkanes) is 11. The lowest BCUT2D eigenvalue weighted by Crippen LogP contribution is -2.37. The van der Waals surface area contributed by atoms with Gasteiger partial charge in [0.1, 0.15) is 17.2 Å². The average molecular weight is 1230 g/mol. The SMILES string of the molecule is CC(C)(C)c1cc(CCC(=O)O)cc(C(C)(C)C)c1O.CC(C)(C)c1cc(CCC(=O)O)cc(C(C)(C)C)c1O.CC(C)(C)c1cc(CCC(=O)O)cc(C(C)(C)C)c1O.CCCCCCCCCCCCCCC(O)=S.OCC(CO)(CO)CO. The molecule has 0 spiro atoms. The van der Waals surface area contributed by atoms with Crippen molar-refractivity contribution < 1.29 is 70.6 Å². The molecule has 3 aromatic carbocycles. The van der Waals surface area contributed by atoms with Crippen molar-refractivity contribution in [3.8, 4) is 17.2 Å². The highest BCUT2D eigenvalue weighted by molar-refractivity contribution is 7.80. The molecule has 14 nitrogen and oxygen atoms in total. The van der Waals surface area contributed by atoms with Gasteiger partial charge in [-0.25, -0.2) is 0 Å². The molecule has 0 heterocycles. The summed E-state index contributed by atoms with van der Waals surface area (Å²) in [5.41, 5.74) is 6.02. The number of thiocarbonyl (C=S) groups is 1. The fraction of sp³-hybridized carbons (Fsp3) is 0.690. The van der Waals surface area contributed by atoms with E-state index in [1.807, 2.05) is 36.4 Å². The van der Waals surface area contributed by atoms with Gasteiger partial charge in [0.25, 0.3) is 0 Å². The highest BCUT2D eigenvalue weighted by Gasteiger charge is 2.30. The number of carbonyl (C=O) groups is 3. The van der Waals surface area contributed by atoms with E-state index in [0.29, 0.717) is 42.9 Å².